The van der Waals surface area contributed by atoms with E-state index in [0.29, 0.717) is 6.54 Å². The van der Waals surface area contributed by atoms with Gasteiger partial charge in [-0.05, 0) is 84.5 Å². The zero-order chi connectivity index (χ0) is 31.5. The van der Waals surface area contributed by atoms with Gasteiger partial charge in [-0.2, -0.15) is 0 Å². The van der Waals surface area contributed by atoms with Crippen LogP contribution >= 0.6 is 0 Å². The van der Waals surface area contributed by atoms with E-state index in [0.717, 1.165) is 44.9 Å². The Bertz CT molecular complexity index is 2470. The van der Waals surface area contributed by atoms with Gasteiger partial charge in [0.05, 0.1) is 22.1 Å². The Kier molecular flexibility index (Phi) is 6.15. The van der Waals surface area contributed by atoms with Crippen LogP contribution in [0.2, 0.25) is 0 Å². The third-order valence-electron chi connectivity index (χ3n) is 9.35. The normalized spacial score (nSPS) is 15.4. The highest BCUT2D eigenvalue weighted by molar-refractivity contribution is 6.11. The summed E-state index contributed by atoms with van der Waals surface area (Å²) in [5.74, 6) is 0.246. The summed E-state index contributed by atoms with van der Waals surface area (Å²) in [4.78, 5) is 2.29. The van der Waals surface area contributed by atoms with Gasteiger partial charge in [-0.25, -0.2) is 0 Å². The maximum atomic E-state index is 10.1. The lowest BCUT2D eigenvalue weighted by atomic mass is 10.0. The van der Waals surface area contributed by atoms with Crippen LogP contribution in [0.5, 0.6) is 5.75 Å². The number of hydrogen-bond acceptors (Lipinski definition) is 2. The van der Waals surface area contributed by atoms with Gasteiger partial charge in [0.25, 0.3) is 0 Å². The Morgan fingerprint density at radius 2 is 1.02 bits per heavy atom. The Morgan fingerprint density at radius 1 is 0.532 bits per heavy atom. The summed E-state index contributed by atoms with van der Waals surface area (Å²) in [5.41, 5.74) is 10.8. The minimum Gasteiger partial charge on any atom is -0.508 e. The van der Waals surface area contributed by atoms with E-state index in [1.165, 1.54) is 32.6 Å². The van der Waals surface area contributed by atoms with E-state index < -0.39 is 0 Å². The van der Waals surface area contributed by atoms with Crippen LogP contribution in [0.3, 0.4) is 0 Å². The molecular weight excluding hydrogens is 574 g/mol. The zero-order valence-electron chi connectivity index (χ0n) is 25.7. The van der Waals surface area contributed by atoms with E-state index in [4.69, 9.17) is 6.58 Å². The predicted octanol–water partition coefficient (Wildman–Crippen LogP) is 10.9. The topological polar surface area (TPSA) is 33.3 Å². The first-order valence-corrected chi connectivity index (χ1v) is 15.9. The lowest BCUT2D eigenvalue weighted by Crippen LogP contribution is -2.18. The van der Waals surface area contributed by atoms with Gasteiger partial charge in [-0.3, -0.25) is 0 Å². The number of fused-ring (bicyclic) bond motifs is 7. The molecule has 0 amide bonds. The van der Waals surface area contributed by atoms with Crippen molar-refractivity contribution in [2.24, 2.45) is 0 Å². The average molecular weight is 606 g/mol. The molecule has 1 aliphatic heterocycles. The van der Waals surface area contributed by atoms with Crippen LogP contribution < -0.4 is 4.90 Å². The minimum absolute atomic E-state index is 0.246. The van der Waals surface area contributed by atoms with Crippen molar-refractivity contribution in [3.05, 3.63) is 170 Å². The molecule has 4 heteroatoms. The van der Waals surface area contributed by atoms with Crippen LogP contribution in [0.15, 0.2) is 164 Å². The molecule has 9 rings (SSSR count). The molecule has 0 radical (unpaired) electrons. The lowest BCUT2D eigenvalue weighted by molar-refractivity contribution is 0.475. The number of anilines is 2. The van der Waals surface area contributed by atoms with Crippen LogP contribution in [0.25, 0.3) is 60.6 Å². The number of nitrogens with zero attached hydrogens (tertiary/aromatic N) is 3. The van der Waals surface area contributed by atoms with Gasteiger partial charge in [0, 0.05) is 56.4 Å². The minimum atomic E-state index is 0.246. The Balaban J connectivity index is 1.29. The number of para-hydroxylation sites is 4. The molecule has 1 aliphatic rings. The standard InChI is InChI=1S/C43H31N3O/c1-29-27-31(45-40-16-6-2-12-34(40)35-13-3-7-17-41(35)45)11-10-26-44(30-20-23-33(47)24-21-30)39-25-22-32(28-38(29)39)46-42-18-8-4-14-36(42)37-15-5-9-19-43(37)46/h2-25,27-28,47H,1,26H2/b11-10-,31-27+. The number of rotatable bonds is 3. The summed E-state index contributed by atoms with van der Waals surface area (Å²) in [7, 11) is 0. The molecule has 4 nitrogen and oxygen atoms in total. The van der Waals surface area contributed by atoms with Crippen LogP contribution in [0.1, 0.15) is 5.56 Å². The third kappa shape index (κ3) is 4.30. The molecule has 1 N–H and O–H groups in total. The zero-order valence-corrected chi connectivity index (χ0v) is 25.7. The second-order valence-electron chi connectivity index (χ2n) is 12.1. The van der Waals surface area contributed by atoms with Crippen molar-refractivity contribution in [2.45, 2.75) is 0 Å². The number of aromatic hydroxyl groups is 1. The molecule has 0 bridgehead atoms. The van der Waals surface area contributed by atoms with Crippen LogP contribution in [0.4, 0.5) is 11.4 Å². The molecule has 0 spiro atoms. The van der Waals surface area contributed by atoms with E-state index in [2.05, 4.69) is 148 Å². The second-order valence-corrected chi connectivity index (χ2v) is 12.1. The molecule has 0 saturated heterocycles. The fourth-order valence-corrected chi connectivity index (χ4v) is 7.25. The monoisotopic (exact) mass is 605 g/mol. The van der Waals surface area contributed by atoms with Gasteiger partial charge in [0.1, 0.15) is 5.75 Å². The SMILES string of the molecule is C=C1/C=C(n2c3ccccc3c3ccccc32)\C=C/CN(c2ccc(O)cc2)c2ccc(-n3c4ccccc4c4ccccc43)cc21. The number of benzene rings is 6. The summed E-state index contributed by atoms with van der Waals surface area (Å²) in [6.45, 7) is 5.34. The molecule has 0 fully saturated rings. The highest BCUT2D eigenvalue weighted by Crippen LogP contribution is 2.40. The molecule has 3 heterocycles. The van der Waals surface area contributed by atoms with Crippen molar-refractivity contribution in [3.63, 3.8) is 0 Å². The number of allylic oxidation sites excluding steroid dienone is 4. The molecule has 0 atom stereocenters. The molecule has 224 valence electrons. The number of phenols is 1. The first kappa shape index (κ1) is 27.1. The van der Waals surface area contributed by atoms with Crippen molar-refractivity contribution in [3.8, 4) is 11.4 Å². The van der Waals surface area contributed by atoms with Crippen molar-refractivity contribution in [1.29, 1.82) is 0 Å². The fourth-order valence-electron chi connectivity index (χ4n) is 7.25. The molecule has 47 heavy (non-hydrogen) atoms. The number of phenolic OH excluding ortho intramolecular Hbond substituents is 1. The van der Waals surface area contributed by atoms with E-state index in [1.807, 2.05) is 12.1 Å². The van der Waals surface area contributed by atoms with Gasteiger partial charge >= 0.3 is 0 Å². The summed E-state index contributed by atoms with van der Waals surface area (Å²) in [6.07, 6.45) is 6.63. The summed E-state index contributed by atoms with van der Waals surface area (Å²) >= 11 is 0. The molecule has 6 aromatic carbocycles. The van der Waals surface area contributed by atoms with Gasteiger partial charge in [-0.1, -0.05) is 85.5 Å². The van der Waals surface area contributed by atoms with E-state index in [1.54, 1.807) is 12.1 Å². The first-order chi connectivity index (χ1) is 23.2. The maximum absolute atomic E-state index is 10.1. The van der Waals surface area contributed by atoms with Crippen LogP contribution in [-0.4, -0.2) is 20.8 Å². The summed E-state index contributed by atoms with van der Waals surface area (Å²) in [5, 5.41) is 15.0. The number of aromatic nitrogens is 2. The average Bonchev–Trinajstić information content (AvgIpc) is 3.64. The Labute approximate surface area is 272 Å². The number of hydrogen-bond donors (Lipinski definition) is 1. The van der Waals surface area contributed by atoms with Crippen LogP contribution in [-0.2, 0) is 0 Å². The van der Waals surface area contributed by atoms with Gasteiger partial charge in [-0.15, -0.1) is 0 Å². The summed E-state index contributed by atoms with van der Waals surface area (Å²) in [6, 6.07) is 48.5. The van der Waals surface area contributed by atoms with Crippen molar-refractivity contribution in [2.75, 3.05) is 11.4 Å². The highest BCUT2D eigenvalue weighted by atomic mass is 16.3. The van der Waals surface area contributed by atoms with Gasteiger partial charge in [0.2, 0.25) is 0 Å². The summed E-state index contributed by atoms with van der Waals surface area (Å²) < 4.78 is 4.70. The quantitative estimate of drug-likeness (QED) is 0.217. The predicted molar refractivity (Wildman–Crippen MR) is 198 cm³/mol. The Hall–Kier alpha value is -6.26. The maximum Gasteiger partial charge on any atom is 0.115 e. The smallest absolute Gasteiger partial charge is 0.115 e. The molecule has 0 saturated carbocycles. The van der Waals surface area contributed by atoms with E-state index in [9.17, 15) is 5.11 Å². The van der Waals surface area contributed by atoms with Gasteiger partial charge in [0.15, 0.2) is 0 Å². The largest absolute Gasteiger partial charge is 0.508 e. The van der Waals surface area contributed by atoms with E-state index >= 15 is 0 Å². The fraction of sp³-hybridized carbons (Fsp3) is 0.0233. The Morgan fingerprint density at radius 3 is 1.57 bits per heavy atom. The molecule has 0 aliphatic carbocycles. The highest BCUT2D eigenvalue weighted by Gasteiger charge is 2.20. The molecule has 0 unspecified atom stereocenters. The molecular formula is C43H31N3O. The lowest BCUT2D eigenvalue weighted by Gasteiger charge is -2.27. The van der Waals surface area contributed by atoms with Crippen molar-refractivity contribution >= 4 is 66.3 Å². The van der Waals surface area contributed by atoms with Crippen molar-refractivity contribution < 1.29 is 5.11 Å². The van der Waals surface area contributed by atoms with Crippen molar-refractivity contribution in [1.82, 2.24) is 9.13 Å². The molecule has 2 aromatic heterocycles. The first-order valence-electron chi connectivity index (χ1n) is 15.9. The third-order valence-corrected chi connectivity index (χ3v) is 9.35. The molecule has 8 aromatic rings. The second kappa shape index (κ2) is 10.7. The van der Waals surface area contributed by atoms with Crippen LogP contribution in [0, 0.1) is 0 Å². The van der Waals surface area contributed by atoms with Gasteiger partial charge < -0.3 is 19.1 Å². The van der Waals surface area contributed by atoms with E-state index in [-0.39, 0.29) is 5.75 Å².